The number of hydrogen-bond acceptors (Lipinski definition) is 3. The molecule has 6 heteroatoms. The molecule has 210 valence electrons. The van der Waals surface area contributed by atoms with Crippen LogP contribution in [0.1, 0.15) is 90.4 Å². The van der Waals surface area contributed by atoms with Gasteiger partial charge in [-0.25, -0.2) is 0 Å². The van der Waals surface area contributed by atoms with Crippen molar-refractivity contribution in [2.45, 2.75) is 102 Å². The van der Waals surface area contributed by atoms with E-state index in [-0.39, 0.29) is 17.8 Å². The maximum atomic E-state index is 13.2. The van der Waals surface area contributed by atoms with E-state index in [0.29, 0.717) is 30.6 Å². The third-order valence-corrected chi connectivity index (χ3v) is 11.9. The summed E-state index contributed by atoms with van der Waals surface area (Å²) in [6.07, 6.45) is 11.4. The van der Waals surface area contributed by atoms with Gasteiger partial charge in [0.25, 0.3) is 0 Å². The molecule has 0 radical (unpaired) electrons. The lowest BCUT2D eigenvalue weighted by molar-refractivity contribution is -0.114. The lowest BCUT2D eigenvalue weighted by Gasteiger charge is -2.56. The molecule has 2 N–H and O–H groups in total. The van der Waals surface area contributed by atoms with Gasteiger partial charge in [-0.05, 0) is 149 Å². The molecule has 0 aromatic rings. The van der Waals surface area contributed by atoms with Gasteiger partial charge in [0.1, 0.15) is 0 Å². The summed E-state index contributed by atoms with van der Waals surface area (Å²) in [5.41, 5.74) is 2.19. The van der Waals surface area contributed by atoms with Crippen molar-refractivity contribution >= 4 is 5.78 Å². The van der Waals surface area contributed by atoms with E-state index in [4.69, 9.17) is 0 Å². The molecule has 0 spiro atoms. The summed E-state index contributed by atoms with van der Waals surface area (Å²) in [5, 5.41) is 15.4. The van der Waals surface area contributed by atoms with Gasteiger partial charge in [-0.3, -0.25) is 4.79 Å². The van der Waals surface area contributed by atoms with Gasteiger partial charge in [0.2, 0.25) is 0 Å². The van der Waals surface area contributed by atoms with Crippen molar-refractivity contribution in [2.24, 2.45) is 40.9 Å². The number of halogens is 3. The molecule has 1 saturated heterocycles. The Balaban J connectivity index is 1.33. The van der Waals surface area contributed by atoms with Crippen molar-refractivity contribution in [2.75, 3.05) is 13.1 Å². The highest BCUT2D eigenvalue weighted by Crippen LogP contribution is 2.67. The molecule has 3 nitrogen and oxygen atoms in total. The Labute approximate surface area is 225 Å². The SMILES string of the molecule is C[C@]12C[C@H](C3CCC(C4CCCNC4)CC3)C3=C4CCC(=O)C=C4CCC3C1CC[C@@]2(O)/C=C/C(F)(F)F. The Morgan fingerprint density at radius 3 is 2.45 bits per heavy atom. The molecular formula is C32H44F3NO2. The van der Waals surface area contributed by atoms with Gasteiger partial charge in [0, 0.05) is 17.9 Å². The first-order chi connectivity index (χ1) is 18.1. The molecular weight excluding hydrogens is 487 g/mol. The van der Waals surface area contributed by atoms with E-state index < -0.39 is 17.2 Å². The van der Waals surface area contributed by atoms with Crippen LogP contribution in [0.25, 0.3) is 0 Å². The van der Waals surface area contributed by atoms with Crippen LogP contribution in [-0.2, 0) is 4.79 Å². The number of fused-ring (bicyclic) bond motifs is 4. The summed E-state index contributed by atoms with van der Waals surface area (Å²) in [5.74, 6) is 3.08. The minimum atomic E-state index is -4.42. The molecule has 0 aromatic heterocycles. The smallest absolute Gasteiger partial charge is 0.385 e. The van der Waals surface area contributed by atoms with Gasteiger partial charge in [-0.1, -0.05) is 12.5 Å². The van der Waals surface area contributed by atoms with Crippen LogP contribution in [-0.4, -0.2) is 35.8 Å². The number of allylic oxidation sites excluding steroid dienone is 5. The Hall–Kier alpha value is -1.40. The van der Waals surface area contributed by atoms with Crippen LogP contribution >= 0.6 is 0 Å². The van der Waals surface area contributed by atoms with E-state index in [1.165, 1.54) is 49.7 Å². The van der Waals surface area contributed by atoms with Crippen LogP contribution in [0.2, 0.25) is 0 Å². The summed E-state index contributed by atoms with van der Waals surface area (Å²) in [4.78, 5) is 12.3. The van der Waals surface area contributed by atoms with Crippen molar-refractivity contribution < 1.29 is 23.1 Å². The van der Waals surface area contributed by atoms with E-state index in [1.54, 1.807) is 5.57 Å². The number of alkyl halides is 3. The van der Waals surface area contributed by atoms with Gasteiger partial charge in [-0.2, -0.15) is 13.2 Å². The van der Waals surface area contributed by atoms with E-state index in [1.807, 2.05) is 6.08 Å². The van der Waals surface area contributed by atoms with Gasteiger partial charge in [-0.15, -0.1) is 0 Å². The van der Waals surface area contributed by atoms with Crippen LogP contribution in [0.15, 0.2) is 34.9 Å². The number of carbonyl (C=O) groups is 1. The summed E-state index contributed by atoms with van der Waals surface area (Å²) < 4.78 is 39.7. The third kappa shape index (κ3) is 4.66. The van der Waals surface area contributed by atoms with E-state index >= 15 is 0 Å². The molecule has 1 aliphatic heterocycles. The lowest BCUT2D eigenvalue weighted by atomic mass is 9.49. The fraction of sp³-hybridized carbons (Fsp3) is 0.781. The average molecular weight is 532 g/mol. The Morgan fingerprint density at radius 2 is 1.74 bits per heavy atom. The molecule has 38 heavy (non-hydrogen) atoms. The molecule has 5 aliphatic carbocycles. The fourth-order valence-corrected chi connectivity index (χ4v) is 9.99. The normalized spacial score (nSPS) is 44.0. The quantitative estimate of drug-likeness (QED) is 0.383. The minimum Gasteiger partial charge on any atom is -0.385 e. The standard InChI is InChI=1S/C32H44F3NO2/c1-30-18-27(21-6-4-20(5-7-21)23-3-2-16-36-19-23)29-25-11-9-24(37)17-22(25)8-10-26(29)28(30)12-13-31(30,38)14-15-32(33,34)35/h14-15,17,20-21,23,26-28,36,38H,2-13,16,18-19H2,1H3/b15-14+/t20?,21?,23?,26?,27-,28?,30+,31-/m1/s1. The van der Waals surface area contributed by atoms with Crippen LogP contribution < -0.4 is 5.32 Å². The van der Waals surface area contributed by atoms with E-state index in [9.17, 15) is 23.1 Å². The fourth-order valence-electron chi connectivity index (χ4n) is 9.99. The number of ketones is 1. The van der Waals surface area contributed by atoms with Crippen LogP contribution in [0.4, 0.5) is 13.2 Å². The molecule has 6 atom stereocenters. The number of nitrogens with one attached hydrogen (secondary N) is 1. The third-order valence-electron chi connectivity index (χ3n) is 11.9. The second-order valence-electron chi connectivity index (χ2n) is 13.7. The molecule has 1 heterocycles. The zero-order chi connectivity index (χ0) is 26.7. The topological polar surface area (TPSA) is 49.3 Å². The van der Waals surface area contributed by atoms with Gasteiger partial charge in [0.15, 0.2) is 5.78 Å². The summed E-state index contributed by atoms with van der Waals surface area (Å²) in [6.45, 7) is 4.36. The molecule has 3 saturated carbocycles. The van der Waals surface area contributed by atoms with Gasteiger partial charge < -0.3 is 10.4 Å². The first-order valence-electron chi connectivity index (χ1n) is 15.2. The second-order valence-corrected chi connectivity index (χ2v) is 13.7. The average Bonchev–Trinajstić information content (AvgIpc) is 3.17. The highest BCUT2D eigenvalue weighted by molar-refractivity contribution is 5.93. The van der Waals surface area contributed by atoms with Crippen molar-refractivity contribution in [1.82, 2.24) is 5.32 Å². The lowest BCUT2D eigenvalue weighted by Crippen LogP contribution is -2.52. The molecule has 4 fully saturated rings. The van der Waals surface area contributed by atoms with Gasteiger partial charge >= 0.3 is 6.18 Å². The molecule has 3 unspecified atom stereocenters. The highest BCUT2D eigenvalue weighted by atomic mass is 19.4. The van der Waals surface area contributed by atoms with Crippen molar-refractivity contribution in [1.29, 1.82) is 0 Å². The first kappa shape index (κ1) is 26.8. The van der Waals surface area contributed by atoms with E-state index in [0.717, 1.165) is 63.1 Å². The van der Waals surface area contributed by atoms with Crippen molar-refractivity contribution in [3.8, 4) is 0 Å². The van der Waals surface area contributed by atoms with Crippen LogP contribution in [0.3, 0.4) is 0 Å². The number of carbonyl (C=O) groups excluding carboxylic acids is 1. The summed E-state index contributed by atoms with van der Waals surface area (Å²) in [7, 11) is 0. The predicted octanol–water partition coefficient (Wildman–Crippen LogP) is 7.07. The number of aliphatic hydroxyl groups is 1. The summed E-state index contributed by atoms with van der Waals surface area (Å²) >= 11 is 0. The van der Waals surface area contributed by atoms with Crippen LogP contribution in [0, 0.1) is 40.9 Å². The first-order valence-corrected chi connectivity index (χ1v) is 15.2. The zero-order valence-corrected chi connectivity index (χ0v) is 22.8. The van der Waals surface area contributed by atoms with Crippen LogP contribution in [0.5, 0.6) is 0 Å². The minimum absolute atomic E-state index is 0.188. The van der Waals surface area contributed by atoms with Crippen molar-refractivity contribution in [3.63, 3.8) is 0 Å². The molecule has 0 amide bonds. The van der Waals surface area contributed by atoms with Crippen molar-refractivity contribution in [3.05, 3.63) is 34.9 Å². The van der Waals surface area contributed by atoms with E-state index in [2.05, 4.69) is 12.2 Å². The monoisotopic (exact) mass is 531 g/mol. The molecule has 0 aromatic carbocycles. The largest absolute Gasteiger partial charge is 0.409 e. The Kier molecular flexibility index (Phi) is 6.99. The zero-order valence-electron chi connectivity index (χ0n) is 22.8. The molecule has 6 aliphatic rings. The van der Waals surface area contributed by atoms with Gasteiger partial charge in [0.05, 0.1) is 5.60 Å². The summed E-state index contributed by atoms with van der Waals surface area (Å²) in [6, 6.07) is 0. The predicted molar refractivity (Wildman–Crippen MR) is 142 cm³/mol. The Morgan fingerprint density at radius 1 is 0.974 bits per heavy atom. The Bertz CT molecular complexity index is 1030. The number of hydrogen-bond donors (Lipinski definition) is 2. The maximum Gasteiger partial charge on any atom is 0.409 e. The highest BCUT2D eigenvalue weighted by Gasteiger charge is 2.62. The number of rotatable bonds is 3. The molecule has 6 rings (SSSR count). The second kappa shape index (κ2) is 9.90. The maximum absolute atomic E-state index is 13.2. The number of piperidine rings is 1. The molecule has 0 bridgehead atoms.